The fourth-order valence-electron chi connectivity index (χ4n) is 2.59. The summed E-state index contributed by atoms with van der Waals surface area (Å²) in [5.74, 6) is 0.564. The lowest BCUT2D eigenvalue weighted by Crippen LogP contribution is -2.32. The highest BCUT2D eigenvalue weighted by atomic mass is 19.1. The first-order chi connectivity index (χ1) is 9.21. The number of hydrogen-bond acceptors (Lipinski definition) is 1. The maximum absolute atomic E-state index is 13.3. The van der Waals surface area contributed by atoms with Gasteiger partial charge in [-0.3, -0.25) is 0 Å². The van der Waals surface area contributed by atoms with Gasteiger partial charge in [0.2, 0.25) is 0 Å². The van der Waals surface area contributed by atoms with Crippen LogP contribution in [0.3, 0.4) is 0 Å². The molecule has 0 heterocycles. The van der Waals surface area contributed by atoms with Crippen molar-refractivity contribution in [3.8, 4) is 0 Å². The van der Waals surface area contributed by atoms with Gasteiger partial charge in [-0.25, -0.2) is 4.39 Å². The molecular formula is C18H30FN. The Hall–Kier alpha value is -0.890. The quantitative estimate of drug-likeness (QED) is 0.766. The van der Waals surface area contributed by atoms with Crippen molar-refractivity contribution in [2.75, 3.05) is 13.1 Å². The summed E-state index contributed by atoms with van der Waals surface area (Å²) in [5.41, 5.74) is 3.73. The molecule has 0 atom stereocenters. The summed E-state index contributed by atoms with van der Waals surface area (Å²) < 4.78 is 13.3. The van der Waals surface area contributed by atoms with Crippen LogP contribution in [-0.4, -0.2) is 13.1 Å². The highest BCUT2D eigenvalue weighted by Crippen LogP contribution is 2.25. The van der Waals surface area contributed by atoms with E-state index in [4.69, 9.17) is 0 Å². The van der Waals surface area contributed by atoms with E-state index in [0.29, 0.717) is 5.92 Å². The maximum Gasteiger partial charge on any atom is 0.123 e. The molecule has 0 bridgehead atoms. The van der Waals surface area contributed by atoms with Crippen molar-refractivity contribution < 1.29 is 4.39 Å². The average Bonchev–Trinajstić information content (AvgIpc) is 2.26. The van der Waals surface area contributed by atoms with E-state index in [1.807, 2.05) is 13.8 Å². The monoisotopic (exact) mass is 279 g/mol. The lowest BCUT2D eigenvalue weighted by Gasteiger charge is -2.26. The summed E-state index contributed by atoms with van der Waals surface area (Å²) in [6.07, 6.45) is 2.14. The van der Waals surface area contributed by atoms with Crippen LogP contribution in [0, 0.1) is 31.0 Å². The molecule has 0 aliphatic carbocycles. The Bertz CT molecular complexity index is 412. The van der Waals surface area contributed by atoms with Crippen molar-refractivity contribution in [2.24, 2.45) is 11.3 Å². The summed E-state index contributed by atoms with van der Waals surface area (Å²) >= 11 is 0. The summed E-state index contributed by atoms with van der Waals surface area (Å²) in [6.45, 7) is 15.2. The van der Waals surface area contributed by atoms with Crippen LogP contribution in [0.4, 0.5) is 4.39 Å². The maximum atomic E-state index is 13.3. The highest BCUT2D eigenvalue weighted by Gasteiger charge is 2.18. The molecule has 0 amide bonds. The van der Waals surface area contributed by atoms with Crippen LogP contribution in [0.1, 0.15) is 50.8 Å². The molecule has 1 nitrogen and oxygen atoms in total. The largest absolute Gasteiger partial charge is 0.316 e. The third-order valence-electron chi connectivity index (χ3n) is 3.87. The number of nitrogens with one attached hydrogen (secondary N) is 1. The fraction of sp³-hybridized carbons (Fsp3) is 0.667. The van der Waals surface area contributed by atoms with E-state index in [9.17, 15) is 4.39 Å². The van der Waals surface area contributed by atoms with Gasteiger partial charge in [0.1, 0.15) is 5.82 Å². The summed E-state index contributed by atoms with van der Waals surface area (Å²) in [6, 6.07) is 3.29. The SMILES string of the molecule is Cc1cc(F)cc(C)c1CCC(C)(C)CNCC(C)C. The van der Waals surface area contributed by atoms with Gasteiger partial charge in [0, 0.05) is 6.54 Å². The minimum Gasteiger partial charge on any atom is -0.316 e. The summed E-state index contributed by atoms with van der Waals surface area (Å²) in [5, 5.41) is 3.54. The number of halogens is 1. The van der Waals surface area contributed by atoms with Crippen LogP contribution < -0.4 is 5.32 Å². The van der Waals surface area contributed by atoms with Crippen molar-refractivity contribution in [3.63, 3.8) is 0 Å². The van der Waals surface area contributed by atoms with Crippen LogP contribution in [0.2, 0.25) is 0 Å². The van der Waals surface area contributed by atoms with E-state index >= 15 is 0 Å². The second-order valence-electron chi connectivity index (χ2n) is 7.21. The molecule has 0 spiro atoms. The minimum absolute atomic E-state index is 0.124. The van der Waals surface area contributed by atoms with Crippen LogP contribution in [0.25, 0.3) is 0 Å². The van der Waals surface area contributed by atoms with Gasteiger partial charge in [0.15, 0.2) is 0 Å². The van der Waals surface area contributed by atoms with Gasteiger partial charge in [-0.05, 0) is 73.4 Å². The third kappa shape index (κ3) is 5.62. The first-order valence-electron chi connectivity index (χ1n) is 7.67. The molecule has 0 radical (unpaired) electrons. The lowest BCUT2D eigenvalue weighted by atomic mass is 9.84. The number of aryl methyl sites for hydroxylation is 2. The average molecular weight is 279 g/mol. The summed E-state index contributed by atoms with van der Waals surface area (Å²) in [7, 11) is 0. The molecule has 2 heteroatoms. The van der Waals surface area contributed by atoms with Gasteiger partial charge in [-0.2, -0.15) is 0 Å². The van der Waals surface area contributed by atoms with E-state index in [2.05, 4.69) is 33.0 Å². The van der Waals surface area contributed by atoms with Gasteiger partial charge >= 0.3 is 0 Å². The Labute approximate surface area is 124 Å². The van der Waals surface area contributed by atoms with Crippen LogP contribution >= 0.6 is 0 Å². The Kier molecular flexibility index (Phi) is 6.19. The molecule has 1 N–H and O–H groups in total. The van der Waals surface area contributed by atoms with Crippen LogP contribution in [0.15, 0.2) is 12.1 Å². The van der Waals surface area contributed by atoms with Crippen molar-refractivity contribution in [1.29, 1.82) is 0 Å². The van der Waals surface area contributed by atoms with Crippen molar-refractivity contribution in [3.05, 3.63) is 34.6 Å². The Morgan fingerprint density at radius 2 is 1.70 bits per heavy atom. The van der Waals surface area contributed by atoms with Gasteiger partial charge in [-0.15, -0.1) is 0 Å². The van der Waals surface area contributed by atoms with Gasteiger partial charge < -0.3 is 5.32 Å². The second kappa shape index (κ2) is 7.21. The molecule has 1 aromatic carbocycles. The zero-order valence-corrected chi connectivity index (χ0v) is 13.9. The van der Waals surface area contributed by atoms with Crippen molar-refractivity contribution in [1.82, 2.24) is 5.32 Å². The van der Waals surface area contributed by atoms with Crippen molar-refractivity contribution in [2.45, 2.75) is 54.4 Å². The predicted octanol–water partition coefficient (Wildman–Crippen LogP) is 4.65. The highest BCUT2D eigenvalue weighted by molar-refractivity contribution is 5.34. The lowest BCUT2D eigenvalue weighted by molar-refractivity contribution is 0.308. The molecule has 1 aromatic rings. The first-order valence-corrected chi connectivity index (χ1v) is 7.67. The Balaban J connectivity index is 2.57. The van der Waals surface area contributed by atoms with Gasteiger partial charge in [0.25, 0.3) is 0 Å². The van der Waals surface area contributed by atoms with E-state index in [0.717, 1.165) is 37.1 Å². The molecule has 0 fully saturated rings. The van der Waals surface area contributed by atoms with Crippen LogP contribution in [-0.2, 0) is 6.42 Å². The summed E-state index contributed by atoms with van der Waals surface area (Å²) in [4.78, 5) is 0. The van der Waals surface area contributed by atoms with Crippen LogP contribution in [0.5, 0.6) is 0 Å². The second-order valence-corrected chi connectivity index (χ2v) is 7.21. The normalized spacial score (nSPS) is 12.2. The van der Waals surface area contributed by atoms with Gasteiger partial charge in [0.05, 0.1) is 0 Å². The molecule has 0 saturated carbocycles. The minimum atomic E-state index is -0.124. The molecule has 0 saturated heterocycles. The van der Waals surface area contributed by atoms with E-state index in [1.165, 1.54) is 5.56 Å². The molecule has 114 valence electrons. The topological polar surface area (TPSA) is 12.0 Å². The fourth-order valence-corrected chi connectivity index (χ4v) is 2.59. The smallest absolute Gasteiger partial charge is 0.123 e. The molecule has 1 rings (SSSR count). The molecule has 0 aromatic heterocycles. The zero-order chi connectivity index (χ0) is 15.3. The molecule has 0 aliphatic heterocycles. The molecule has 0 aliphatic rings. The molecule has 20 heavy (non-hydrogen) atoms. The number of rotatable bonds is 7. The number of hydrogen-bond donors (Lipinski definition) is 1. The van der Waals surface area contributed by atoms with E-state index in [-0.39, 0.29) is 11.2 Å². The Morgan fingerprint density at radius 3 is 2.20 bits per heavy atom. The standard InChI is InChI=1S/C18H30FN/c1-13(2)11-20-12-18(5,6)8-7-17-14(3)9-16(19)10-15(17)4/h9-10,13,20H,7-8,11-12H2,1-6H3. The predicted molar refractivity (Wildman–Crippen MR) is 85.7 cm³/mol. The third-order valence-corrected chi connectivity index (χ3v) is 3.87. The zero-order valence-electron chi connectivity index (χ0n) is 13.9. The Morgan fingerprint density at radius 1 is 1.15 bits per heavy atom. The van der Waals surface area contributed by atoms with Crippen molar-refractivity contribution >= 4 is 0 Å². The molecule has 0 unspecified atom stereocenters. The van der Waals surface area contributed by atoms with E-state index < -0.39 is 0 Å². The van der Waals surface area contributed by atoms with E-state index in [1.54, 1.807) is 12.1 Å². The molecular weight excluding hydrogens is 249 g/mol. The number of benzene rings is 1. The first kappa shape index (κ1) is 17.2. The van der Waals surface area contributed by atoms with Gasteiger partial charge in [-0.1, -0.05) is 27.7 Å².